The van der Waals surface area contributed by atoms with Crippen LogP contribution < -0.4 is 0 Å². The fourth-order valence-corrected chi connectivity index (χ4v) is 2.18. The Morgan fingerprint density at radius 2 is 2.06 bits per heavy atom. The van der Waals surface area contributed by atoms with Crippen molar-refractivity contribution in [2.75, 3.05) is 0 Å². The Labute approximate surface area is 96.5 Å². The van der Waals surface area contributed by atoms with Crippen LogP contribution in [0.5, 0.6) is 0 Å². The van der Waals surface area contributed by atoms with Crippen molar-refractivity contribution in [2.24, 2.45) is 0 Å². The van der Waals surface area contributed by atoms with Gasteiger partial charge in [0.05, 0.1) is 0 Å². The molecule has 16 heavy (non-hydrogen) atoms. The van der Waals surface area contributed by atoms with Gasteiger partial charge in [0.2, 0.25) is 0 Å². The SMILES string of the molecule is CC(=C/c1ccc2c(c1)CCC2)/C=C/C=O. The van der Waals surface area contributed by atoms with Gasteiger partial charge in [-0.3, -0.25) is 4.79 Å². The molecule has 0 saturated heterocycles. The van der Waals surface area contributed by atoms with E-state index >= 15 is 0 Å². The summed E-state index contributed by atoms with van der Waals surface area (Å²) in [6, 6.07) is 6.65. The third-order valence-corrected chi connectivity index (χ3v) is 2.95. The van der Waals surface area contributed by atoms with E-state index in [4.69, 9.17) is 0 Å². The lowest BCUT2D eigenvalue weighted by Gasteiger charge is -2.01. The largest absolute Gasteiger partial charge is 0.299 e. The molecule has 1 nitrogen and oxygen atoms in total. The average Bonchev–Trinajstić information content (AvgIpc) is 2.73. The van der Waals surface area contributed by atoms with E-state index < -0.39 is 0 Å². The van der Waals surface area contributed by atoms with Crippen LogP contribution in [0.15, 0.2) is 35.9 Å². The molecule has 0 heterocycles. The van der Waals surface area contributed by atoms with E-state index in [9.17, 15) is 4.79 Å². The van der Waals surface area contributed by atoms with Gasteiger partial charge in [-0.05, 0) is 49.0 Å². The maximum absolute atomic E-state index is 10.2. The van der Waals surface area contributed by atoms with E-state index in [0.717, 1.165) is 11.9 Å². The highest BCUT2D eigenvalue weighted by Crippen LogP contribution is 2.23. The Balaban J connectivity index is 2.22. The molecule has 0 atom stereocenters. The van der Waals surface area contributed by atoms with Crippen molar-refractivity contribution >= 4 is 12.4 Å². The highest BCUT2D eigenvalue weighted by molar-refractivity contribution is 5.67. The number of hydrogen-bond donors (Lipinski definition) is 0. The number of hydrogen-bond acceptors (Lipinski definition) is 1. The molecule has 0 aliphatic heterocycles. The first-order valence-electron chi connectivity index (χ1n) is 5.71. The van der Waals surface area contributed by atoms with Crippen molar-refractivity contribution in [2.45, 2.75) is 26.2 Å². The maximum Gasteiger partial charge on any atom is 0.142 e. The molecule has 1 aromatic rings. The average molecular weight is 212 g/mol. The monoisotopic (exact) mass is 212 g/mol. The van der Waals surface area contributed by atoms with Crippen LogP contribution in [0.4, 0.5) is 0 Å². The number of aryl methyl sites for hydroxylation is 2. The lowest BCUT2D eigenvalue weighted by molar-refractivity contribution is -0.104. The number of carbonyl (C=O) groups is 1. The molecular formula is C15H16O. The quantitative estimate of drug-likeness (QED) is 0.426. The Morgan fingerprint density at radius 1 is 1.25 bits per heavy atom. The lowest BCUT2D eigenvalue weighted by Crippen LogP contribution is -1.83. The Bertz CT molecular complexity index is 453. The maximum atomic E-state index is 10.2. The second-order valence-corrected chi connectivity index (χ2v) is 4.27. The third kappa shape index (κ3) is 2.48. The molecule has 0 amide bonds. The molecule has 1 aliphatic rings. The number of allylic oxidation sites excluding steroid dienone is 3. The molecule has 0 unspecified atom stereocenters. The predicted octanol–water partition coefficient (Wildman–Crippen LogP) is 3.33. The molecule has 1 aliphatic carbocycles. The van der Waals surface area contributed by atoms with Crippen LogP contribution in [0.1, 0.15) is 30.0 Å². The van der Waals surface area contributed by atoms with Crippen molar-refractivity contribution in [3.05, 3.63) is 52.6 Å². The van der Waals surface area contributed by atoms with Crippen molar-refractivity contribution < 1.29 is 4.79 Å². The molecule has 2 rings (SSSR count). The summed E-state index contributed by atoms with van der Waals surface area (Å²) in [6.07, 6.45) is 9.99. The lowest BCUT2D eigenvalue weighted by atomic mass is 10.0. The molecule has 1 aromatic carbocycles. The van der Waals surface area contributed by atoms with E-state index in [1.165, 1.54) is 42.0 Å². The molecule has 1 heteroatoms. The fraction of sp³-hybridized carbons (Fsp3) is 0.267. The van der Waals surface area contributed by atoms with Crippen LogP contribution in [0.2, 0.25) is 0 Å². The summed E-state index contributed by atoms with van der Waals surface area (Å²) >= 11 is 0. The zero-order valence-corrected chi connectivity index (χ0v) is 9.57. The van der Waals surface area contributed by atoms with E-state index in [1.54, 1.807) is 0 Å². The van der Waals surface area contributed by atoms with Crippen LogP contribution in [0, 0.1) is 0 Å². The highest BCUT2D eigenvalue weighted by atomic mass is 16.1. The summed E-state index contributed by atoms with van der Waals surface area (Å²) in [4.78, 5) is 10.2. The van der Waals surface area contributed by atoms with Gasteiger partial charge in [0.15, 0.2) is 0 Å². The second-order valence-electron chi connectivity index (χ2n) is 4.27. The van der Waals surface area contributed by atoms with Crippen LogP contribution in [0.3, 0.4) is 0 Å². The van der Waals surface area contributed by atoms with Crippen LogP contribution in [-0.4, -0.2) is 6.29 Å². The van der Waals surface area contributed by atoms with Gasteiger partial charge in [-0.1, -0.05) is 35.9 Å². The Morgan fingerprint density at radius 3 is 2.88 bits per heavy atom. The van der Waals surface area contributed by atoms with Gasteiger partial charge < -0.3 is 0 Å². The molecular weight excluding hydrogens is 196 g/mol. The molecule has 0 radical (unpaired) electrons. The van der Waals surface area contributed by atoms with Crippen molar-refractivity contribution in [1.82, 2.24) is 0 Å². The standard InChI is InChI=1S/C15H16O/c1-12(4-3-9-16)10-13-7-8-14-5-2-6-15(14)11-13/h3-4,7-11H,2,5-6H2,1H3/b4-3+,12-10-. The number of fused-ring (bicyclic) bond motifs is 1. The summed E-state index contributed by atoms with van der Waals surface area (Å²) in [5.74, 6) is 0. The topological polar surface area (TPSA) is 17.1 Å². The summed E-state index contributed by atoms with van der Waals surface area (Å²) < 4.78 is 0. The Kier molecular flexibility index (Phi) is 3.35. The van der Waals surface area contributed by atoms with E-state index in [2.05, 4.69) is 24.3 Å². The summed E-state index contributed by atoms with van der Waals surface area (Å²) in [5, 5.41) is 0. The number of carbonyl (C=O) groups excluding carboxylic acids is 1. The first-order chi connectivity index (χ1) is 7.79. The summed E-state index contributed by atoms with van der Waals surface area (Å²) in [5.41, 5.74) is 5.32. The first kappa shape index (κ1) is 10.9. The van der Waals surface area contributed by atoms with Crippen LogP contribution >= 0.6 is 0 Å². The normalized spacial score (nSPS) is 15.4. The van der Waals surface area contributed by atoms with Crippen molar-refractivity contribution in [1.29, 1.82) is 0 Å². The first-order valence-corrected chi connectivity index (χ1v) is 5.71. The van der Waals surface area contributed by atoms with Crippen molar-refractivity contribution in [3.63, 3.8) is 0 Å². The minimum absolute atomic E-state index is 0.806. The van der Waals surface area contributed by atoms with E-state index in [-0.39, 0.29) is 0 Å². The van der Waals surface area contributed by atoms with Gasteiger partial charge >= 0.3 is 0 Å². The van der Waals surface area contributed by atoms with Gasteiger partial charge in [0, 0.05) is 0 Å². The predicted molar refractivity (Wildman–Crippen MR) is 67.3 cm³/mol. The minimum Gasteiger partial charge on any atom is -0.299 e. The molecule has 0 saturated carbocycles. The molecule has 0 bridgehead atoms. The van der Waals surface area contributed by atoms with Gasteiger partial charge in [-0.2, -0.15) is 0 Å². The van der Waals surface area contributed by atoms with Crippen molar-refractivity contribution in [3.8, 4) is 0 Å². The smallest absolute Gasteiger partial charge is 0.142 e. The van der Waals surface area contributed by atoms with Gasteiger partial charge in [-0.25, -0.2) is 0 Å². The zero-order valence-electron chi connectivity index (χ0n) is 9.57. The van der Waals surface area contributed by atoms with Crippen LogP contribution in [-0.2, 0) is 17.6 Å². The van der Waals surface area contributed by atoms with Gasteiger partial charge in [-0.15, -0.1) is 0 Å². The van der Waals surface area contributed by atoms with E-state index in [1.807, 2.05) is 13.0 Å². The molecule has 82 valence electrons. The highest BCUT2D eigenvalue weighted by Gasteiger charge is 2.09. The molecule has 0 spiro atoms. The number of benzene rings is 1. The second kappa shape index (κ2) is 4.93. The third-order valence-electron chi connectivity index (χ3n) is 2.95. The fourth-order valence-electron chi connectivity index (χ4n) is 2.18. The zero-order chi connectivity index (χ0) is 11.4. The summed E-state index contributed by atoms with van der Waals surface area (Å²) in [6.45, 7) is 2.01. The molecule has 0 N–H and O–H groups in total. The van der Waals surface area contributed by atoms with Gasteiger partial charge in [0.1, 0.15) is 6.29 Å². The van der Waals surface area contributed by atoms with Gasteiger partial charge in [0.25, 0.3) is 0 Å². The van der Waals surface area contributed by atoms with Crippen LogP contribution in [0.25, 0.3) is 6.08 Å². The molecule has 0 aromatic heterocycles. The molecule has 0 fully saturated rings. The van der Waals surface area contributed by atoms with E-state index in [0.29, 0.717) is 0 Å². The number of aldehydes is 1. The Hall–Kier alpha value is -1.63. The minimum atomic E-state index is 0.806. The number of rotatable bonds is 3. The summed E-state index contributed by atoms with van der Waals surface area (Å²) in [7, 11) is 0.